The maximum Gasteiger partial charge on any atom is 0.242 e. The fraction of sp³-hybridized carbons (Fsp3) is 0.364. The maximum absolute atomic E-state index is 12.1. The molecule has 0 bridgehead atoms. The van der Waals surface area contributed by atoms with E-state index in [-0.39, 0.29) is 11.9 Å². The number of nitrogens with one attached hydrogen (secondary N) is 2. The third kappa shape index (κ3) is 6.20. The van der Waals surface area contributed by atoms with Crippen molar-refractivity contribution >= 4 is 11.6 Å². The van der Waals surface area contributed by atoms with Crippen molar-refractivity contribution in [1.29, 1.82) is 5.26 Å². The largest absolute Gasteiger partial charge is 0.493 e. The van der Waals surface area contributed by atoms with Crippen LogP contribution in [-0.2, 0) is 4.79 Å². The first kappa shape index (κ1) is 21.1. The van der Waals surface area contributed by atoms with Crippen LogP contribution in [0.1, 0.15) is 38.7 Å². The standard InChI is InChI=1S/C22H27N3O3/c1-4-5-6-13-24-22(26)16(2)25-18-8-10-19(11-9-18)28-20-12-7-17(15-23)14-21(20)27-3/h7-12,14,16,25H,4-6,13H2,1-3H3,(H,24,26). The molecule has 0 heterocycles. The molecule has 0 spiro atoms. The molecule has 6 nitrogen and oxygen atoms in total. The van der Waals surface area contributed by atoms with Gasteiger partial charge in [-0.1, -0.05) is 19.8 Å². The van der Waals surface area contributed by atoms with E-state index in [1.54, 1.807) is 18.2 Å². The lowest BCUT2D eigenvalue weighted by Crippen LogP contribution is -2.37. The first-order chi connectivity index (χ1) is 13.6. The summed E-state index contributed by atoms with van der Waals surface area (Å²) in [4.78, 5) is 12.1. The van der Waals surface area contributed by atoms with Crippen LogP contribution < -0.4 is 20.1 Å². The summed E-state index contributed by atoms with van der Waals surface area (Å²) < 4.78 is 11.1. The smallest absolute Gasteiger partial charge is 0.242 e. The molecule has 1 unspecified atom stereocenters. The Bertz CT molecular complexity index is 813. The van der Waals surface area contributed by atoms with Gasteiger partial charge in [-0.3, -0.25) is 4.79 Å². The molecule has 1 atom stereocenters. The Kier molecular flexibility index (Phi) is 8.16. The van der Waals surface area contributed by atoms with Gasteiger partial charge in [-0.15, -0.1) is 0 Å². The Labute approximate surface area is 166 Å². The van der Waals surface area contributed by atoms with Crippen molar-refractivity contribution in [3.05, 3.63) is 48.0 Å². The van der Waals surface area contributed by atoms with Gasteiger partial charge in [0.1, 0.15) is 11.8 Å². The topological polar surface area (TPSA) is 83.4 Å². The van der Waals surface area contributed by atoms with Crippen LogP contribution in [0.2, 0.25) is 0 Å². The van der Waals surface area contributed by atoms with Crippen molar-refractivity contribution in [2.75, 3.05) is 19.0 Å². The summed E-state index contributed by atoms with van der Waals surface area (Å²) in [6.07, 6.45) is 3.25. The predicted octanol–water partition coefficient (Wildman–Crippen LogP) is 4.47. The molecule has 2 rings (SSSR count). The molecule has 0 aliphatic rings. The minimum atomic E-state index is -0.327. The van der Waals surface area contributed by atoms with E-state index in [0.29, 0.717) is 29.4 Å². The molecule has 0 aliphatic heterocycles. The predicted molar refractivity (Wildman–Crippen MR) is 110 cm³/mol. The van der Waals surface area contributed by atoms with Gasteiger partial charge in [-0.05, 0) is 49.7 Å². The third-order valence-electron chi connectivity index (χ3n) is 4.23. The van der Waals surface area contributed by atoms with E-state index in [1.807, 2.05) is 31.2 Å². The van der Waals surface area contributed by atoms with Gasteiger partial charge in [0, 0.05) is 18.3 Å². The molecule has 1 amide bonds. The Hall–Kier alpha value is -3.20. The number of hydrogen-bond donors (Lipinski definition) is 2. The number of carbonyl (C=O) groups excluding carboxylic acids is 1. The van der Waals surface area contributed by atoms with Gasteiger partial charge < -0.3 is 20.1 Å². The second kappa shape index (κ2) is 10.8. The summed E-state index contributed by atoms with van der Waals surface area (Å²) in [5, 5.41) is 15.1. The van der Waals surface area contributed by atoms with Crippen LogP contribution in [0.15, 0.2) is 42.5 Å². The Morgan fingerprint density at radius 2 is 1.89 bits per heavy atom. The van der Waals surface area contributed by atoms with Crippen LogP contribution in [0.25, 0.3) is 0 Å². The van der Waals surface area contributed by atoms with Gasteiger partial charge in [0.15, 0.2) is 11.5 Å². The lowest BCUT2D eigenvalue weighted by Gasteiger charge is -2.16. The summed E-state index contributed by atoms with van der Waals surface area (Å²) in [6.45, 7) is 4.68. The minimum Gasteiger partial charge on any atom is -0.493 e. The minimum absolute atomic E-state index is 0.0150. The number of nitrogens with zero attached hydrogens (tertiary/aromatic N) is 1. The second-order valence-electron chi connectivity index (χ2n) is 6.47. The average molecular weight is 381 g/mol. The van der Waals surface area contributed by atoms with Crippen molar-refractivity contribution in [3.63, 3.8) is 0 Å². The van der Waals surface area contributed by atoms with E-state index in [9.17, 15) is 4.79 Å². The molecule has 2 aromatic rings. The number of methoxy groups -OCH3 is 1. The lowest BCUT2D eigenvalue weighted by atomic mass is 10.2. The number of anilines is 1. The number of rotatable bonds is 10. The van der Waals surface area contributed by atoms with Gasteiger partial charge in [0.2, 0.25) is 5.91 Å². The molecule has 0 fully saturated rings. The zero-order valence-corrected chi connectivity index (χ0v) is 16.6. The van der Waals surface area contributed by atoms with Crippen LogP contribution in [0, 0.1) is 11.3 Å². The van der Waals surface area contributed by atoms with Crippen LogP contribution in [0.3, 0.4) is 0 Å². The fourth-order valence-electron chi connectivity index (χ4n) is 2.62. The first-order valence-corrected chi connectivity index (χ1v) is 9.47. The number of carbonyl (C=O) groups is 1. The summed E-state index contributed by atoms with van der Waals surface area (Å²) in [6, 6.07) is 14.1. The molecule has 28 heavy (non-hydrogen) atoms. The molecule has 2 N–H and O–H groups in total. The lowest BCUT2D eigenvalue weighted by molar-refractivity contribution is -0.121. The summed E-state index contributed by atoms with van der Waals surface area (Å²) >= 11 is 0. The van der Waals surface area contributed by atoms with Crippen LogP contribution in [0.4, 0.5) is 5.69 Å². The highest BCUT2D eigenvalue weighted by atomic mass is 16.5. The van der Waals surface area contributed by atoms with Crippen LogP contribution in [0.5, 0.6) is 17.2 Å². The van der Waals surface area contributed by atoms with Gasteiger partial charge in [0.25, 0.3) is 0 Å². The van der Waals surface area contributed by atoms with Gasteiger partial charge in [-0.25, -0.2) is 0 Å². The van der Waals surface area contributed by atoms with E-state index >= 15 is 0 Å². The summed E-state index contributed by atoms with van der Waals surface area (Å²) in [5.74, 6) is 1.64. The fourth-order valence-corrected chi connectivity index (χ4v) is 2.62. The molecule has 2 aromatic carbocycles. The Balaban J connectivity index is 1.93. The summed E-state index contributed by atoms with van der Waals surface area (Å²) in [7, 11) is 1.53. The zero-order chi connectivity index (χ0) is 20.4. The first-order valence-electron chi connectivity index (χ1n) is 9.47. The SMILES string of the molecule is CCCCCNC(=O)C(C)Nc1ccc(Oc2ccc(C#N)cc2OC)cc1. The average Bonchev–Trinajstić information content (AvgIpc) is 2.72. The van der Waals surface area contributed by atoms with Crippen LogP contribution >= 0.6 is 0 Å². The van der Waals surface area contributed by atoms with Gasteiger partial charge >= 0.3 is 0 Å². The molecule has 6 heteroatoms. The molecule has 0 aromatic heterocycles. The molecule has 0 aliphatic carbocycles. The monoisotopic (exact) mass is 381 g/mol. The van der Waals surface area contributed by atoms with Crippen LogP contribution in [-0.4, -0.2) is 25.6 Å². The Morgan fingerprint density at radius 1 is 1.14 bits per heavy atom. The van der Waals surface area contributed by atoms with Gasteiger partial charge in [0.05, 0.1) is 18.7 Å². The molecule has 148 valence electrons. The molecular formula is C22H27N3O3. The molecule has 0 radical (unpaired) electrons. The van der Waals surface area contributed by atoms with E-state index in [2.05, 4.69) is 23.6 Å². The van der Waals surface area contributed by atoms with E-state index in [1.165, 1.54) is 7.11 Å². The van der Waals surface area contributed by atoms with E-state index in [4.69, 9.17) is 14.7 Å². The molecule has 0 saturated carbocycles. The van der Waals surface area contributed by atoms with Crippen molar-refractivity contribution in [1.82, 2.24) is 5.32 Å². The number of hydrogen-bond acceptors (Lipinski definition) is 5. The maximum atomic E-state index is 12.1. The quantitative estimate of drug-likeness (QED) is 0.594. The van der Waals surface area contributed by atoms with E-state index in [0.717, 1.165) is 24.9 Å². The summed E-state index contributed by atoms with van der Waals surface area (Å²) in [5.41, 5.74) is 1.33. The third-order valence-corrected chi connectivity index (χ3v) is 4.23. The number of nitriles is 1. The second-order valence-corrected chi connectivity index (χ2v) is 6.47. The number of ether oxygens (including phenoxy) is 2. The van der Waals surface area contributed by atoms with Crippen molar-refractivity contribution in [2.24, 2.45) is 0 Å². The van der Waals surface area contributed by atoms with Crippen molar-refractivity contribution in [2.45, 2.75) is 39.2 Å². The molecular weight excluding hydrogens is 354 g/mol. The highest BCUT2D eigenvalue weighted by Gasteiger charge is 2.12. The number of amides is 1. The highest BCUT2D eigenvalue weighted by Crippen LogP contribution is 2.32. The number of unbranched alkanes of at least 4 members (excludes halogenated alkanes) is 2. The zero-order valence-electron chi connectivity index (χ0n) is 16.6. The van der Waals surface area contributed by atoms with E-state index < -0.39 is 0 Å². The van der Waals surface area contributed by atoms with Crippen molar-refractivity contribution in [3.8, 4) is 23.3 Å². The van der Waals surface area contributed by atoms with Crippen molar-refractivity contribution < 1.29 is 14.3 Å². The number of benzene rings is 2. The highest BCUT2D eigenvalue weighted by molar-refractivity contribution is 5.84. The molecule has 0 saturated heterocycles. The Morgan fingerprint density at radius 3 is 2.54 bits per heavy atom. The normalized spacial score (nSPS) is 11.2. The van der Waals surface area contributed by atoms with Gasteiger partial charge in [-0.2, -0.15) is 5.26 Å².